The van der Waals surface area contributed by atoms with Gasteiger partial charge in [-0.1, -0.05) is 23.4 Å². The number of likely N-dealkylation sites (tertiary alicyclic amines) is 1. The maximum atomic E-state index is 5.69. The Hall–Kier alpha value is -3.78. The fraction of sp³-hybridized carbons (Fsp3) is 0.217. The van der Waals surface area contributed by atoms with Gasteiger partial charge in [-0.05, 0) is 43.1 Å². The third-order valence-corrected chi connectivity index (χ3v) is 5.91. The molecule has 0 bridgehead atoms. The molecule has 0 amide bonds. The number of aromatic amines is 1. The van der Waals surface area contributed by atoms with Gasteiger partial charge < -0.3 is 9.51 Å². The molecule has 0 spiro atoms. The normalized spacial score (nSPS) is 17.0. The lowest BCUT2D eigenvalue weighted by Gasteiger charge is -2.21. The molecule has 1 fully saturated rings. The van der Waals surface area contributed by atoms with Crippen LogP contribution in [0.25, 0.3) is 28.1 Å². The highest BCUT2D eigenvalue weighted by Crippen LogP contribution is 2.34. The van der Waals surface area contributed by atoms with Crippen LogP contribution in [0.1, 0.15) is 30.3 Å². The van der Waals surface area contributed by atoms with E-state index >= 15 is 0 Å². The molecule has 1 aromatic carbocycles. The predicted molar refractivity (Wildman–Crippen MR) is 115 cm³/mol. The molecular weight excluding hydrogens is 390 g/mol. The van der Waals surface area contributed by atoms with E-state index in [4.69, 9.17) is 9.51 Å². The summed E-state index contributed by atoms with van der Waals surface area (Å²) in [5.41, 5.74) is 3.29. The number of fused-ring (bicyclic) bond motifs is 1. The van der Waals surface area contributed by atoms with Crippen LogP contribution in [0.4, 0.5) is 0 Å². The second-order valence-corrected chi connectivity index (χ2v) is 7.82. The molecule has 5 aromatic rings. The van der Waals surface area contributed by atoms with Gasteiger partial charge in [-0.2, -0.15) is 4.98 Å². The molecule has 1 N–H and O–H groups in total. The van der Waals surface area contributed by atoms with Crippen molar-refractivity contribution >= 4 is 10.9 Å². The van der Waals surface area contributed by atoms with Crippen LogP contribution in [0.15, 0.2) is 72.0 Å². The van der Waals surface area contributed by atoms with Gasteiger partial charge in [-0.3, -0.25) is 9.47 Å². The van der Waals surface area contributed by atoms with Crippen LogP contribution in [-0.2, 0) is 6.54 Å². The zero-order valence-corrected chi connectivity index (χ0v) is 16.8. The summed E-state index contributed by atoms with van der Waals surface area (Å²) in [4.78, 5) is 19.0. The molecule has 5 heterocycles. The molecule has 154 valence electrons. The largest absolute Gasteiger partial charge is 0.361 e. The SMILES string of the molecule is c1ccc2c(CN3CCC[C@H]3c3nc(-c4ccc(-n5ccnc5)nc4)no3)c[nH]c2c1. The first kappa shape index (κ1) is 18.0. The van der Waals surface area contributed by atoms with Gasteiger partial charge in [-0.25, -0.2) is 9.97 Å². The number of pyridine rings is 1. The van der Waals surface area contributed by atoms with Gasteiger partial charge in [0.1, 0.15) is 12.1 Å². The van der Waals surface area contributed by atoms with E-state index in [1.807, 2.05) is 22.9 Å². The summed E-state index contributed by atoms with van der Waals surface area (Å²) in [6.45, 7) is 1.87. The topological polar surface area (TPSA) is 88.7 Å². The van der Waals surface area contributed by atoms with Gasteiger partial charge in [0.15, 0.2) is 0 Å². The van der Waals surface area contributed by atoms with Crippen molar-refractivity contribution < 1.29 is 4.52 Å². The molecule has 6 rings (SSSR count). The van der Waals surface area contributed by atoms with Gasteiger partial charge >= 0.3 is 0 Å². The second-order valence-electron chi connectivity index (χ2n) is 7.82. The number of imidazole rings is 1. The lowest BCUT2D eigenvalue weighted by Crippen LogP contribution is -2.22. The first-order valence-corrected chi connectivity index (χ1v) is 10.4. The van der Waals surface area contributed by atoms with Gasteiger partial charge in [0.05, 0.1) is 6.04 Å². The fourth-order valence-corrected chi connectivity index (χ4v) is 4.33. The molecule has 1 atom stereocenters. The highest BCUT2D eigenvalue weighted by Gasteiger charge is 2.31. The van der Waals surface area contributed by atoms with Crippen molar-refractivity contribution in [2.45, 2.75) is 25.4 Å². The molecule has 31 heavy (non-hydrogen) atoms. The molecule has 0 radical (unpaired) electrons. The van der Waals surface area contributed by atoms with Crippen LogP contribution in [0, 0.1) is 0 Å². The number of nitrogens with zero attached hydrogens (tertiary/aromatic N) is 6. The van der Waals surface area contributed by atoms with Crippen LogP contribution < -0.4 is 0 Å². The molecule has 1 aliphatic rings. The van der Waals surface area contributed by atoms with Gasteiger partial charge in [0.25, 0.3) is 0 Å². The number of rotatable bonds is 5. The number of aromatic nitrogens is 6. The molecule has 8 heteroatoms. The Morgan fingerprint density at radius 1 is 1.16 bits per heavy atom. The number of H-pyrrole nitrogens is 1. The van der Waals surface area contributed by atoms with Gasteiger partial charge in [0.2, 0.25) is 11.7 Å². The van der Waals surface area contributed by atoms with Crippen molar-refractivity contribution in [3.05, 3.63) is 79.0 Å². The van der Waals surface area contributed by atoms with Crippen LogP contribution in [-0.4, -0.2) is 41.1 Å². The van der Waals surface area contributed by atoms with E-state index in [2.05, 4.69) is 55.5 Å². The molecule has 0 aliphatic carbocycles. The van der Waals surface area contributed by atoms with E-state index < -0.39 is 0 Å². The van der Waals surface area contributed by atoms with Crippen molar-refractivity contribution in [3.8, 4) is 17.2 Å². The number of benzene rings is 1. The van der Waals surface area contributed by atoms with Crippen molar-refractivity contribution in [1.82, 2.24) is 34.6 Å². The molecule has 8 nitrogen and oxygen atoms in total. The summed E-state index contributed by atoms with van der Waals surface area (Å²) in [5, 5.41) is 5.49. The highest BCUT2D eigenvalue weighted by atomic mass is 16.5. The van der Waals surface area contributed by atoms with Crippen molar-refractivity contribution in [2.75, 3.05) is 6.54 Å². The van der Waals surface area contributed by atoms with Crippen LogP contribution in [0.3, 0.4) is 0 Å². The summed E-state index contributed by atoms with van der Waals surface area (Å²) in [6.07, 6.45) is 11.3. The van der Waals surface area contributed by atoms with Crippen LogP contribution >= 0.6 is 0 Å². The quantitative estimate of drug-likeness (QED) is 0.468. The molecule has 1 saturated heterocycles. The van der Waals surface area contributed by atoms with E-state index in [1.165, 1.54) is 16.5 Å². The van der Waals surface area contributed by atoms with Crippen molar-refractivity contribution in [2.24, 2.45) is 0 Å². The minimum Gasteiger partial charge on any atom is -0.361 e. The first-order valence-electron chi connectivity index (χ1n) is 10.4. The van der Waals surface area contributed by atoms with Gasteiger partial charge in [-0.15, -0.1) is 0 Å². The Kier molecular flexibility index (Phi) is 4.35. The predicted octanol–water partition coefficient (Wildman–Crippen LogP) is 4.14. The monoisotopic (exact) mass is 411 g/mol. The summed E-state index contributed by atoms with van der Waals surface area (Å²) >= 11 is 0. The lowest BCUT2D eigenvalue weighted by atomic mass is 10.1. The number of hydrogen-bond acceptors (Lipinski definition) is 6. The standard InChI is InChI=1S/C23H21N7O/c1-2-5-19-18(4-1)17(13-25-19)14-29-10-3-6-20(29)23-27-22(28-31-23)16-7-8-21(26-12-16)30-11-9-24-15-30/h1-2,4-5,7-9,11-13,15,20,25H,3,6,10,14H2/t20-/m0/s1. The van der Waals surface area contributed by atoms with Crippen LogP contribution in [0.2, 0.25) is 0 Å². The Morgan fingerprint density at radius 3 is 3.00 bits per heavy atom. The molecule has 1 aliphatic heterocycles. The minimum absolute atomic E-state index is 0.132. The van der Waals surface area contributed by atoms with Crippen LogP contribution in [0.5, 0.6) is 0 Å². The Balaban J connectivity index is 1.22. The maximum absolute atomic E-state index is 5.69. The summed E-state index contributed by atoms with van der Waals surface area (Å²) < 4.78 is 7.54. The third kappa shape index (κ3) is 3.30. The lowest BCUT2D eigenvalue weighted by molar-refractivity contribution is 0.202. The number of nitrogens with one attached hydrogen (secondary N) is 1. The smallest absolute Gasteiger partial charge is 0.244 e. The number of para-hydroxylation sites is 1. The molecule has 4 aromatic heterocycles. The summed E-state index contributed by atoms with van der Waals surface area (Å²) in [7, 11) is 0. The molecule has 0 saturated carbocycles. The summed E-state index contributed by atoms with van der Waals surface area (Å²) in [5.74, 6) is 2.04. The Labute approximate surface area is 178 Å². The minimum atomic E-state index is 0.132. The van der Waals surface area contributed by atoms with E-state index in [-0.39, 0.29) is 6.04 Å². The van der Waals surface area contributed by atoms with E-state index in [0.717, 1.165) is 37.3 Å². The Bertz CT molecular complexity index is 1300. The average molecular weight is 411 g/mol. The van der Waals surface area contributed by atoms with Gasteiger partial charge in [0, 0.05) is 47.8 Å². The zero-order chi connectivity index (χ0) is 20.6. The van der Waals surface area contributed by atoms with Crippen molar-refractivity contribution in [1.29, 1.82) is 0 Å². The van der Waals surface area contributed by atoms with E-state index in [1.54, 1.807) is 18.7 Å². The average Bonchev–Trinajstić information content (AvgIpc) is 3.61. The third-order valence-electron chi connectivity index (χ3n) is 5.91. The first-order chi connectivity index (χ1) is 15.3. The maximum Gasteiger partial charge on any atom is 0.244 e. The van der Waals surface area contributed by atoms with E-state index in [9.17, 15) is 0 Å². The van der Waals surface area contributed by atoms with E-state index in [0.29, 0.717) is 11.7 Å². The number of hydrogen-bond donors (Lipinski definition) is 1. The Morgan fingerprint density at radius 2 is 2.13 bits per heavy atom. The zero-order valence-electron chi connectivity index (χ0n) is 16.8. The molecule has 0 unspecified atom stereocenters. The second kappa shape index (κ2) is 7.48. The fourth-order valence-electron chi connectivity index (χ4n) is 4.33. The highest BCUT2D eigenvalue weighted by molar-refractivity contribution is 5.82. The molecular formula is C23H21N7O. The summed E-state index contributed by atoms with van der Waals surface area (Å²) in [6, 6.07) is 12.4. The van der Waals surface area contributed by atoms with Crippen molar-refractivity contribution in [3.63, 3.8) is 0 Å².